The zero-order chi connectivity index (χ0) is 14.7. The molecule has 1 aliphatic rings. The molecule has 0 aromatic carbocycles. The minimum absolute atomic E-state index is 0.783. The Balaban J connectivity index is 2.00. The third kappa shape index (κ3) is 3.28. The SMILES string of the molecule is CCCNc1nc(N2CCCCCC2)c2cc(C)sc2n1. The molecular formula is C16H24N4S. The van der Waals surface area contributed by atoms with Crippen LogP contribution in [-0.2, 0) is 0 Å². The summed E-state index contributed by atoms with van der Waals surface area (Å²) < 4.78 is 0. The highest BCUT2D eigenvalue weighted by molar-refractivity contribution is 7.18. The van der Waals surface area contributed by atoms with Crippen molar-refractivity contribution in [3.05, 3.63) is 10.9 Å². The second-order valence-electron chi connectivity index (χ2n) is 5.77. The number of thiophene rings is 1. The van der Waals surface area contributed by atoms with E-state index in [1.54, 1.807) is 11.3 Å². The number of nitrogens with zero attached hydrogens (tertiary/aromatic N) is 3. The lowest BCUT2D eigenvalue weighted by Gasteiger charge is -2.22. The van der Waals surface area contributed by atoms with Crippen LogP contribution >= 0.6 is 11.3 Å². The molecule has 1 N–H and O–H groups in total. The van der Waals surface area contributed by atoms with Crippen LogP contribution in [0.5, 0.6) is 0 Å². The van der Waals surface area contributed by atoms with Gasteiger partial charge in [-0.25, -0.2) is 4.98 Å². The van der Waals surface area contributed by atoms with Gasteiger partial charge in [-0.3, -0.25) is 0 Å². The largest absolute Gasteiger partial charge is 0.356 e. The lowest BCUT2D eigenvalue weighted by molar-refractivity contribution is 0.726. The number of rotatable bonds is 4. The fraction of sp³-hybridized carbons (Fsp3) is 0.625. The molecule has 0 aliphatic carbocycles. The van der Waals surface area contributed by atoms with Gasteiger partial charge in [0.1, 0.15) is 10.6 Å². The van der Waals surface area contributed by atoms with Crippen molar-refractivity contribution in [2.75, 3.05) is 29.9 Å². The molecule has 0 bridgehead atoms. The van der Waals surface area contributed by atoms with E-state index in [1.165, 1.54) is 35.9 Å². The molecule has 0 saturated carbocycles. The Morgan fingerprint density at radius 2 is 1.95 bits per heavy atom. The molecule has 0 atom stereocenters. The maximum atomic E-state index is 4.83. The lowest BCUT2D eigenvalue weighted by atomic mass is 10.2. The minimum Gasteiger partial charge on any atom is -0.356 e. The van der Waals surface area contributed by atoms with E-state index in [4.69, 9.17) is 4.98 Å². The predicted molar refractivity (Wildman–Crippen MR) is 91.6 cm³/mol. The van der Waals surface area contributed by atoms with Crippen LogP contribution in [-0.4, -0.2) is 29.6 Å². The molecule has 1 fully saturated rings. The van der Waals surface area contributed by atoms with Gasteiger partial charge in [0.05, 0.1) is 5.39 Å². The Morgan fingerprint density at radius 3 is 2.67 bits per heavy atom. The normalized spacial score (nSPS) is 16.2. The number of hydrogen-bond acceptors (Lipinski definition) is 5. The van der Waals surface area contributed by atoms with Crippen LogP contribution in [0.1, 0.15) is 43.9 Å². The molecule has 2 aromatic rings. The van der Waals surface area contributed by atoms with Crippen molar-refractivity contribution < 1.29 is 0 Å². The van der Waals surface area contributed by atoms with Crippen LogP contribution in [0.15, 0.2) is 6.07 Å². The molecule has 2 aromatic heterocycles. The van der Waals surface area contributed by atoms with Crippen molar-refractivity contribution in [1.29, 1.82) is 0 Å². The van der Waals surface area contributed by atoms with Gasteiger partial charge in [-0.2, -0.15) is 4.98 Å². The van der Waals surface area contributed by atoms with Crippen LogP contribution in [0.2, 0.25) is 0 Å². The first-order valence-electron chi connectivity index (χ1n) is 8.05. The topological polar surface area (TPSA) is 41.1 Å². The van der Waals surface area contributed by atoms with Gasteiger partial charge in [0.2, 0.25) is 5.95 Å². The zero-order valence-electron chi connectivity index (χ0n) is 13.0. The first kappa shape index (κ1) is 14.6. The Labute approximate surface area is 130 Å². The number of aryl methyl sites for hydroxylation is 1. The van der Waals surface area contributed by atoms with Crippen molar-refractivity contribution >= 4 is 33.3 Å². The molecule has 4 nitrogen and oxygen atoms in total. The summed E-state index contributed by atoms with van der Waals surface area (Å²) in [7, 11) is 0. The summed E-state index contributed by atoms with van der Waals surface area (Å²) in [4.78, 5) is 14.4. The monoisotopic (exact) mass is 304 g/mol. The number of anilines is 2. The van der Waals surface area contributed by atoms with Crippen molar-refractivity contribution in [3.8, 4) is 0 Å². The molecule has 21 heavy (non-hydrogen) atoms. The average molecular weight is 304 g/mol. The standard InChI is InChI=1S/C16H24N4S/c1-3-8-17-16-18-14(20-9-6-4-5-7-10-20)13-11-12(2)21-15(13)19-16/h11H,3-10H2,1-2H3,(H,17,18,19). The van der Waals surface area contributed by atoms with E-state index in [0.717, 1.165) is 42.7 Å². The molecule has 3 rings (SSSR count). The van der Waals surface area contributed by atoms with E-state index in [-0.39, 0.29) is 0 Å². The van der Waals surface area contributed by atoms with Gasteiger partial charge >= 0.3 is 0 Å². The summed E-state index contributed by atoms with van der Waals surface area (Å²) in [6.45, 7) is 7.48. The van der Waals surface area contributed by atoms with E-state index < -0.39 is 0 Å². The van der Waals surface area contributed by atoms with Gasteiger partial charge in [-0.05, 0) is 32.3 Å². The molecule has 0 amide bonds. The molecule has 114 valence electrons. The molecule has 5 heteroatoms. The summed E-state index contributed by atoms with van der Waals surface area (Å²) in [6.07, 6.45) is 6.31. The second kappa shape index (κ2) is 6.60. The van der Waals surface area contributed by atoms with E-state index in [9.17, 15) is 0 Å². The summed E-state index contributed by atoms with van der Waals surface area (Å²) >= 11 is 1.77. The van der Waals surface area contributed by atoms with E-state index >= 15 is 0 Å². The van der Waals surface area contributed by atoms with Crippen LogP contribution < -0.4 is 10.2 Å². The molecular weight excluding hydrogens is 280 g/mol. The highest BCUT2D eigenvalue weighted by atomic mass is 32.1. The third-order valence-electron chi connectivity index (χ3n) is 3.93. The van der Waals surface area contributed by atoms with Crippen LogP contribution in [0, 0.1) is 6.92 Å². The summed E-state index contributed by atoms with van der Waals surface area (Å²) in [6, 6.07) is 2.24. The molecule has 0 unspecified atom stereocenters. The molecule has 0 spiro atoms. The molecule has 1 saturated heterocycles. The van der Waals surface area contributed by atoms with Crippen molar-refractivity contribution in [3.63, 3.8) is 0 Å². The summed E-state index contributed by atoms with van der Waals surface area (Å²) in [5.41, 5.74) is 0. The van der Waals surface area contributed by atoms with Gasteiger partial charge in [-0.1, -0.05) is 19.8 Å². The van der Waals surface area contributed by atoms with E-state index in [0.29, 0.717) is 0 Å². The highest BCUT2D eigenvalue weighted by Crippen LogP contribution is 2.32. The highest BCUT2D eigenvalue weighted by Gasteiger charge is 2.17. The third-order valence-corrected chi connectivity index (χ3v) is 4.88. The first-order chi connectivity index (χ1) is 10.3. The zero-order valence-corrected chi connectivity index (χ0v) is 13.8. The van der Waals surface area contributed by atoms with Crippen molar-refractivity contribution in [2.45, 2.75) is 46.0 Å². The molecule has 1 aliphatic heterocycles. The number of aromatic nitrogens is 2. The number of hydrogen-bond donors (Lipinski definition) is 1. The average Bonchev–Trinajstić information content (AvgIpc) is 2.69. The lowest BCUT2D eigenvalue weighted by Crippen LogP contribution is -2.25. The number of fused-ring (bicyclic) bond motifs is 1. The molecule has 3 heterocycles. The van der Waals surface area contributed by atoms with Crippen LogP contribution in [0.4, 0.5) is 11.8 Å². The fourth-order valence-electron chi connectivity index (χ4n) is 2.87. The van der Waals surface area contributed by atoms with E-state index in [1.807, 2.05) is 0 Å². The van der Waals surface area contributed by atoms with Gasteiger partial charge in [0.25, 0.3) is 0 Å². The van der Waals surface area contributed by atoms with Crippen LogP contribution in [0.25, 0.3) is 10.2 Å². The predicted octanol–water partition coefficient (Wildman–Crippen LogP) is 4.20. The van der Waals surface area contributed by atoms with Gasteiger partial charge < -0.3 is 10.2 Å². The Morgan fingerprint density at radius 1 is 1.19 bits per heavy atom. The van der Waals surface area contributed by atoms with Crippen molar-refractivity contribution in [1.82, 2.24) is 9.97 Å². The summed E-state index contributed by atoms with van der Waals surface area (Å²) in [5.74, 6) is 1.91. The maximum absolute atomic E-state index is 4.83. The Hall–Kier alpha value is -1.36. The first-order valence-corrected chi connectivity index (χ1v) is 8.86. The maximum Gasteiger partial charge on any atom is 0.226 e. The minimum atomic E-state index is 0.783. The van der Waals surface area contributed by atoms with E-state index in [2.05, 4.69) is 35.1 Å². The number of nitrogens with one attached hydrogen (secondary N) is 1. The second-order valence-corrected chi connectivity index (χ2v) is 7.01. The smallest absolute Gasteiger partial charge is 0.226 e. The van der Waals surface area contributed by atoms with Gasteiger partial charge in [0.15, 0.2) is 0 Å². The van der Waals surface area contributed by atoms with Gasteiger partial charge in [0, 0.05) is 24.5 Å². The fourth-order valence-corrected chi connectivity index (χ4v) is 3.74. The Kier molecular flexibility index (Phi) is 4.58. The quantitative estimate of drug-likeness (QED) is 0.919. The molecule has 0 radical (unpaired) electrons. The van der Waals surface area contributed by atoms with Crippen molar-refractivity contribution in [2.24, 2.45) is 0 Å². The Bertz CT molecular complexity index is 600. The van der Waals surface area contributed by atoms with Gasteiger partial charge in [-0.15, -0.1) is 11.3 Å². The van der Waals surface area contributed by atoms with Crippen LogP contribution in [0.3, 0.4) is 0 Å². The summed E-state index contributed by atoms with van der Waals surface area (Å²) in [5, 5.41) is 4.57.